The molecule has 1 aliphatic carbocycles. The molecule has 2 rings (SSSR count). The molecule has 0 aromatic carbocycles. The van der Waals surface area contributed by atoms with Crippen molar-refractivity contribution >= 4 is 34.9 Å². The molecule has 0 aromatic heterocycles. The van der Waals surface area contributed by atoms with Gasteiger partial charge in [-0.2, -0.15) is 11.8 Å². The summed E-state index contributed by atoms with van der Waals surface area (Å²) in [5.41, 5.74) is 5.47. The minimum Gasteiger partial charge on any atom is -0.391 e. The second-order valence-corrected chi connectivity index (χ2v) is 6.65. The third kappa shape index (κ3) is 2.94. The van der Waals surface area contributed by atoms with Crippen LogP contribution in [-0.4, -0.2) is 27.9 Å². The molecule has 2 aliphatic rings. The molecule has 0 aromatic rings. The summed E-state index contributed by atoms with van der Waals surface area (Å²) in [6.07, 6.45) is 6.25. The van der Waals surface area contributed by atoms with Gasteiger partial charge in [-0.1, -0.05) is 31.5 Å². The van der Waals surface area contributed by atoms with Crippen LogP contribution in [0.3, 0.4) is 0 Å². The highest BCUT2D eigenvalue weighted by Gasteiger charge is 2.38. The normalized spacial score (nSPS) is 27.6. The van der Waals surface area contributed by atoms with Crippen molar-refractivity contribution in [1.29, 1.82) is 0 Å². The van der Waals surface area contributed by atoms with Crippen molar-refractivity contribution in [1.82, 2.24) is 5.32 Å². The van der Waals surface area contributed by atoms with E-state index in [9.17, 15) is 4.79 Å². The van der Waals surface area contributed by atoms with Gasteiger partial charge in [-0.15, -0.1) is 0 Å². The first-order valence-electron chi connectivity index (χ1n) is 6.34. The van der Waals surface area contributed by atoms with Crippen LogP contribution < -0.4 is 11.1 Å². The highest BCUT2D eigenvalue weighted by atomic mass is 32.2. The Hall–Kier alpha value is -0.290. The molecule has 2 fully saturated rings. The zero-order chi connectivity index (χ0) is 12.3. The fraction of sp³-hybridized carbons (Fsp3) is 0.833. The first-order chi connectivity index (χ1) is 8.14. The van der Waals surface area contributed by atoms with Gasteiger partial charge in [-0.25, -0.2) is 0 Å². The Labute approximate surface area is 112 Å². The zero-order valence-electron chi connectivity index (χ0n) is 10.0. The summed E-state index contributed by atoms with van der Waals surface area (Å²) in [5.74, 6) is 2.36. The van der Waals surface area contributed by atoms with Crippen LogP contribution in [-0.2, 0) is 4.79 Å². The fourth-order valence-electron chi connectivity index (χ4n) is 2.67. The first-order valence-corrected chi connectivity index (χ1v) is 7.90. The molecule has 1 atom stereocenters. The van der Waals surface area contributed by atoms with E-state index in [0.717, 1.165) is 43.6 Å². The molecule has 0 spiro atoms. The maximum atomic E-state index is 12.2. The number of rotatable bonds is 3. The third-order valence-electron chi connectivity index (χ3n) is 3.84. The maximum Gasteiger partial charge on any atom is 0.224 e. The summed E-state index contributed by atoms with van der Waals surface area (Å²) < 4.78 is 0. The van der Waals surface area contributed by atoms with Crippen LogP contribution in [0.5, 0.6) is 0 Å². The SMILES string of the molecule is NC(=S)C1(NC(=O)C2CCSC2)CCCCC1. The number of carbonyl (C=O) groups is 1. The Kier molecular flexibility index (Phi) is 4.31. The number of hydrogen-bond acceptors (Lipinski definition) is 3. The van der Waals surface area contributed by atoms with E-state index in [2.05, 4.69) is 5.32 Å². The molecule has 1 aliphatic heterocycles. The molecule has 0 bridgehead atoms. The van der Waals surface area contributed by atoms with E-state index in [1.807, 2.05) is 11.8 Å². The van der Waals surface area contributed by atoms with Crippen LogP contribution in [0.25, 0.3) is 0 Å². The van der Waals surface area contributed by atoms with Gasteiger partial charge < -0.3 is 11.1 Å². The van der Waals surface area contributed by atoms with E-state index in [1.165, 1.54) is 6.42 Å². The Morgan fingerprint density at radius 2 is 2.06 bits per heavy atom. The summed E-state index contributed by atoms with van der Waals surface area (Å²) >= 11 is 7.03. The van der Waals surface area contributed by atoms with Gasteiger partial charge in [0, 0.05) is 11.7 Å². The van der Waals surface area contributed by atoms with Crippen molar-refractivity contribution < 1.29 is 4.79 Å². The van der Waals surface area contributed by atoms with Crippen LogP contribution in [0, 0.1) is 5.92 Å². The van der Waals surface area contributed by atoms with Crippen LogP contribution in [0.1, 0.15) is 38.5 Å². The number of carbonyl (C=O) groups excluding carboxylic acids is 1. The molecule has 3 nitrogen and oxygen atoms in total. The van der Waals surface area contributed by atoms with Crippen LogP contribution in [0.4, 0.5) is 0 Å². The average molecular weight is 272 g/mol. The van der Waals surface area contributed by atoms with Crippen LogP contribution in [0.2, 0.25) is 0 Å². The number of nitrogens with one attached hydrogen (secondary N) is 1. The Balaban J connectivity index is 2.01. The van der Waals surface area contributed by atoms with Crippen molar-refractivity contribution in [2.24, 2.45) is 11.7 Å². The molecular formula is C12H20N2OS2. The van der Waals surface area contributed by atoms with Gasteiger partial charge in [0.2, 0.25) is 5.91 Å². The van der Waals surface area contributed by atoms with Crippen molar-refractivity contribution in [2.45, 2.75) is 44.1 Å². The lowest BCUT2D eigenvalue weighted by molar-refractivity contribution is -0.125. The number of thiocarbonyl (C=S) groups is 1. The minimum absolute atomic E-state index is 0.157. The van der Waals surface area contributed by atoms with Crippen LogP contribution in [0.15, 0.2) is 0 Å². The van der Waals surface area contributed by atoms with Gasteiger partial charge in [0.1, 0.15) is 0 Å². The molecule has 1 amide bonds. The number of amides is 1. The molecule has 0 radical (unpaired) electrons. The van der Waals surface area contributed by atoms with Gasteiger partial charge >= 0.3 is 0 Å². The molecule has 1 heterocycles. The van der Waals surface area contributed by atoms with E-state index in [1.54, 1.807) is 0 Å². The summed E-state index contributed by atoms with van der Waals surface area (Å²) in [6.45, 7) is 0. The quantitative estimate of drug-likeness (QED) is 0.770. The number of nitrogens with two attached hydrogens (primary N) is 1. The Morgan fingerprint density at radius 1 is 1.35 bits per heavy atom. The lowest BCUT2D eigenvalue weighted by Crippen LogP contribution is -2.58. The maximum absolute atomic E-state index is 12.2. The molecule has 1 saturated heterocycles. The topological polar surface area (TPSA) is 55.1 Å². The second kappa shape index (κ2) is 5.57. The highest BCUT2D eigenvalue weighted by molar-refractivity contribution is 7.99. The monoisotopic (exact) mass is 272 g/mol. The average Bonchev–Trinajstić information content (AvgIpc) is 2.83. The Bertz CT molecular complexity index is 308. The van der Waals surface area contributed by atoms with Gasteiger partial charge in [0.05, 0.1) is 10.5 Å². The van der Waals surface area contributed by atoms with E-state index in [0.29, 0.717) is 4.99 Å². The van der Waals surface area contributed by atoms with Crippen molar-refractivity contribution in [3.63, 3.8) is 0 Å². The molecule has 1 unspecified atom stereocenters. The van der Waals surface area contributed by atoms with Gasteiger partial charge in [0.25, 0.3) is 0 Å². The second-order valence-electron chi connectivity index (χ2n) is 5.06. The van der Waals surface area contributed by atoms with Crippen LogP contribution >= 0.6 is 24.0 Å². The van der Waals surface area contributed by atoms with E-state index in [-0.39, 0.29) is 11.8 Å². The summed E-state index contributed by atoms with van der Waals surface area (Å²) in [7, 11) is 0. The number of thioether (sulfide) groups is 1. The van der Waals surface area contributed by atoms with Gasteiger partial charge in [0.15, 0.2) is 0 Å². The zero-order valence-corrected chi connectivity index (χ0v) is 11.7. The first kappa shape index (κ1) is 13.1. The van der Waals surface area contributed by atoms with E-state index in [4.69, 9.17) is 18.0 Å². The summed E-state index contributed by atoms with van der Waals surface area (Å²) in [6, 6.07) is 0. The molecule has 1 saturated carbocycles. The standard InChI is InChI=1S/C12H20N2OS2/c13-11(16)12(5-2-1-3-6-12)14-10(15)9-4-7-17-8-9/h9H,1-8H2,(H2,13,16)(H,14,15). The van der Waals surface area contributed by atoms with Crippen molar-refractivity contribution in [2.75, 3.05) is 11.5 Å². The Morgan fingerprint density at radius 3 is 2.59 bits per heavy atom. The minimum atomic E-state index is -0.391. The van der Waals surface area contributed by atoms with Crippen molar-refractivity contribution in [3.8, 4) is 0 Å². The molecule has 96 valence electrons. The third-order valence-corrected chi connectivity index (χ3v) is 5.39. The predicted molar refractivity (Wildman–Crippen MR) is 76.2 cm³/mol. The molecule has 5 heteroatoms. The predicted octanol–water partition coefficient (Wildman–Crippen LogP) is 1.84. The molecule has 3 N–H and O–H groups in total. The lowest BCUT2D eigenvalue weighted by Gasteiger charge is -2.37. The lowest BCUT2D eigenvalue weighted by atomic mass is 9.81. The van der Waals surface area contributed by atoms with E-state index < -0.39 is 5.54 Å². The largest absolute Gasteiger partial charge is 0.391 e. The van der Waals surface area contributed by atoms with Gasteiger partial charge in [-0.05, 0) is 25.0 Å². The molecule has 17 heavy (non-hydrogen) atoms. The fourth-order valence-corrected chi connectivity index (χ4v) is 4.14. The highest BCUT2D eigenvalue weighted by Crippen LogP contribution is 2.30. The summed E-state index contributed by atoms with van der Waals surface area (Å²) in [4.78, 5) is 12.7. The van der Waals surface area contributed by atoms with Crippen molar-refractivity contribution in [3.05, 3.63) is 0 Å². The summed E-state index contributed by atoms with van der Waals surface area (Å²) in [5, 5.41) is 3.16. The van der Waals surface area contributed by atoms with Gasteiger partial charge in [-0.3, -0.25) is 4.79 Å². The van der Waals surface area contributed by atoms with E-state index >= 15 is 0 Å². The molecular weight excluding hydrogens is 252 g/mol. The number of hydrogen-bond donors (Lipinski definition) is 2. The smallest absolute Gasteiger partial charge is 0.224 e.